The summed E-state index contributed by atoms with van der Waals surface area (Å²) in [5.74, 6) is 1.10. The number of amides is 2. The van der Waals surface area contributed by atoms with Gasteiger partial charge in [-0.05, 0) is 55.7 Å². The summed E-state index contributed by atoms with van der Waals surface area (Å²) in [6.45, 7) is 5.13. The van der Waals surface area contributed by atoms with Gasteiger partial charge < -0.3 is 15.2 Å². The molecule has 128 valence electrons. The highest BCUT2D eigenvalue weighted by Crippen LogP contribution is 2.22. The summed E-state index contributed by atoms with van der Waals surface area (Å²) < 4.78 is 5.81. The van der Waals surface area contributed by atoms with Gasteiger partial charge in [-0.15, -0.1) is 0 Å². The number of aromatic hydroxyl groups is 1. The summed E-state index contributed by atoms with van der Waals surface area (Å²) in [5.41, 5.74) is 2.95. The molecule has 2 amide bonds. The topological polar surface area (TPSA) is 61.8 Å². The molecule has 0 bridgehead atoms. The van der Waals surface area contributed by atoms with Crippen LogP contribution in [0.2, 0.25) is 0 Å². The summed E-state index contributed by atoms with van der Waals surface area (Å²) in [7, 11) is 1.69. The van der Waals surface area contributed by atoms with E-state index in [4.69, 9.17) is 4.74 Å². The van der Waals surface area contributed by atoms with Crippen LogP contribution < -0.4 is 15.0 Å². The highest BCUT2D eigenvalue weighted by molar-refractivity contribution is 5.91. The molecule has 5 nitrogen and oxygen atoms in total. The van der Waals surface area contributed by atoms with Gasteiger partial charge in [0, 0.05) is 19.3 Å². The van der Waals surface area contributed by atoms with E-state index in [1.165, 1.54) is 4.90 Å². The first-order chi connectivity index (χ1) is 11.5. The number of nitrogens with one attached hydrogen (secondary N) is 1. The maximum absolute atomic E-state index is 12.1. The zero-order valence-electron chi connectivity index (χ0n) is 14.4. The van der Waals surface area contributed by atoms with Crippen molar-refractivity contribution in [2.45, 2.75) is 20.3 Å². The molecule has 2 rings (SSSR count). The van der Waals surface area contributed by atoms with Crippen molar-refractivity contribution in [3.8, 4) is 11.5 Å². The number of benzene rings is 2. The van der Waals surface area contributed by atoms with Gasteiger partial charge in [0.05, 0.1) is 6.61 Å². The minimum Gasteiger partial charge on any atom is -0.508 e. The van der Waals surface area contributed by atoms with Crippen LogP contribution in [0.3, 0.4) is 0 Å². The molecule has 0 spiro atoms. The Labute approximate surface area is 142 Å². The van der Waals surface area contributed by atoms with Gasteiger partial charge >= 0.3 is 6.03 Å². The number of urea groups is 1. The van der Waals surface area contributed by atoms with E-state index in [0.29, 0.717) is 13.2 Å². The predicted molar refractivity (Wildman–Crippen MR) is 95.9 cm³/mol. The van der Waals surface area contributed by atoms with Gasteiger partial charge in [0.25, 0.3) is 0 Å². The Morgan fingerprint density at radius 3 is 2.38 bits per heavy atom. The molecule has 0 aliphatic heterocycles. The lowest BCUT2D eigenvalue weighted by molar-refractivity contribution is 0.245. The first-order valence-electron chi connectivity index (χ1n) is 7.98. The zero-order chi connectivity index (χ0) is 17.5. The van der Waals surface area contributed by atoms with E-state index in [0.717, 1.165) is 29.0 Å². The van der Waals surface area contributed by atoms with Gasteiger partial charge in [-0.1, -0.05) is 18.2 Å². The summed E-state index contributed by atoms with van der Waals surface area (Å²) in [6, 6.07) is 12.4. The molecule has 0 saturated carbocycles. The Kier molecular flexibility index (Phi) is 6.07. The summed E-state index contributed by atoms with van der Waals surface area (Å²) in [6.07, 6.45) is 0.725. The van der Waals surface area contributed by atoms with Crippen LogP contribution in [0.1, 0.15) is 17.5 Å². The molecule has 0 unspecified atom stereocenters. The number of aryl methyl sites for hydroxylation is 2. The number of anilines is 1. The van der Waals surface area contributed by atoms with Crippen molar-refractivity contribution in [1.82, 2.24) is 5.32 Å². The molecule has 24 heavy (non-hydrogen) atoms. The lowest BCUT2D eigenvalue weighted by Crippen LogP contribution is -2.38. The standard InChI is InChI=1S/C19H24N2O3/c1-14-6-4-7-15(2)18(14)24-13-5-12-20-19(23)21(3)16-8-10-17(22)11-9-16/h4,6-11,22H,5,12-13H2,1-3H3,(H,20,23). The average molecular weight is 328 g/mol. The van der Waals surface area contributed by atoms with Crippen LogP contribution in [-0.2, 0) is 0 Å². The molecule has 0 fully saturated rings. The third kappa shape index (κ3) is 4.65. The van der Waals surface area contributed by atoms with E-state index in [9.17, 15) is 9.90 Å². The van der Waals surface area contributed by atoms with Gasteiger partial charge in [0.15, 0.2) is 0 Å². The molecule has 0 aliphatic rings. The van der Waals surface area contributed by atoms with Crippen molar-refractivity contribution in [3.63, 3.8) is 0 Å². The number of carbonyl (C=O) groups is 1. The van der Waals surface area contributed by atoms with Crippen molar-refractivity contribution in [2.75, 3.05) is 25.1 Å². The van der Waals surface area contributed by atoms with Crippen LogP contribution in [0.25, 0.3) is 0 Å². The van der Waals surface area contributed by atoms with Crippen molar-refractivity contribution in [1.29, 1.82) is 0 Å². The van der Waals surface area contributed by atoms with Crippen molar-refractivity contribution >= 4 is 11.7 Å². The highest BCUT2D eigenvalue weighted by atomic mass is 16.5. The van der Waals surface area contributed by atoms with E-state index in [1.54, 1.807) is 31.3 Å². The van der Waals surface area contributed by atoms with Crippen LogP contribution in [0.4, 0.5) is 10.5 Å². The normalized spacial score (nSPS) is 10.3. The fourth-order valence-corrected chi connectivity index (χ4v) is 2.38. The Hall–Kier alpha value is -2.69. The number of phenolic OH excluding ortho intramolecular Hbond substituents is 1. The smallest absolute Gasteiger partial charge is 0.321 e. The third-order valence-electron chi connectivity index (χ3n) is 3.79. The van der Waals surface area contributed by atoms with Crippen LogP contribution in [0.15, 0.2) is 42.5 Å². The molecule has 2 aromatic carbocycles. The maximum atomic E-state index is 12.1. The maximum Gasteiger partial charge on any atom is 0.321 e. The number of rotatable bonds is 6. The van der Waals surface area contributed by atoms with E-state index in [1.807, 2.05) is 32.0 Å². The van der Waals surface area contributed by atoms with Gasteiger partial charge in [-0.2, -0.15) is 0 Å². The molecule has 0 saturated heterocycles. The fraction of sp³-hybridized carbons (Fsp3) is 0.316. The largest absolute Gasteiger partial charge is 0.508 e. The highest BCUT2D eigenvalue weighted by Gasteiger charge is 2.10. The first kappa shape index (κ1) is 17.7. The quantitative estimate of drug-likeness (QED) is 0.796. The first-order valence-corrected chi connectivity index (χ1v) is 7.98. The van der Waals surface area contributed by atoms with Gasteiger partial charge in [-0.3, -0.25) is 4.90 Å². The number of phenols is 1. The van der Waals surface area contributed by atoms with Gasteiger partial charge in [0.2, 0.25) is 0 Å². The molecule has 0 aliphatic carbocycles. The molecule has 0 radical (unpaired) electrons. The van der Waals surface area contributed by atoms with E-state index in [2.05, 4.69) is 5.32 Å². The van der Waals surface area contributed by atoms with Crippen molar-refractivity contribution < 1.29 is 14.6 Å². The number of nitrogens with zero attached hydrogens (tertiary/aromatic N) is 1. The lowest BCUT2D eigenvalue weighted by Gasteiger charge is -2.18. The number of hydrogen-bond donors (Lipinski definition) is 2. The van der Waals surface area contributed by atoms with E-state index in [-0.39, 0.29) is 11.8 Å². The monoisotopic (exact) mass is 328 g/mol. The molecule has 2 N–H and O–H groups in total. The predicted octanol–water partition coefficient (Wildman–Crippen LogP) is 3.62. The number of ether oxygens (including phenoxy) is 1. The van der Waals surface area contributed by atoms with Gasteiger partial charge in [-0.25, -0.2) is 4.79 Å². The second-order valence-electron chi connectivity index (χ2n) is 5.73. The SMILES string of the molecule is Cc1cccc(C)c1OCCCNC(=O)N(C)c1ccc(O)cc1. The minimum atomic E-state index is -0.187. The van der Waals surface area contributed by atoms with Crippen LogP contribution >= 0.6 is 0 Å². The third-order valence-corrected chi connectivity index (χ3v) is 3.79. The summed E-state index contributed by atoms with van der Waals surface area (Å²) >= 11 is 0. The Morgan fingerprint density at radius 1 is 1.12 bits per heavy atom. The second kappa shape index (κ2) is 8.24. The molecule has 0 heterocycles. The zero-order valence-corrected chi connectivity index (χ0v) is 14.4. The van der Waals surface area contributed by atoms with Gasteiger partial charge in [0.1, 0.15) is 11.5 Å². The Bertz CT molecular complexity index is 663. The molecule has 2 aromatic rings. The Balaban J connectivity index is 1.74. The molecular formula is C19H24N2O3. The van der Waals surface area contributed by atoms with Crippen LogP contribution in [-0.4, -0.2) is 31.3 Å². The molecule has 0 aromatic heterocycles. The van der Waals surface area contributed by atoms with E-state index < -0.39 is 0 Å². The van der Waals surface area contributed by atoms with Crippen molar-refractivity contribution in [3.05, 3.63) is 53.6 Å². The van der Waals surface area contributed by atoms with Crippen molar-refractivity contribution in [2.24, 2.45) is 0 Å². The minimum absolute atomic E-state index is 0.177. The molecular weight excluding hydrogens is 304 g/mol. The van der Waals surface area contributed by atoms with Crippen LogP contribution in [0.5, 0.6) is 11.5 Å². The Morgan fingerprint density at radius 2 is 1.75 bits per heavy atom. The molecule has 5 heteroatoms. The van der Waals surface area contributed by atoms with Crippen LogP contribution in [0, 0.1) is 13.8 Å². The lowest BCUT2D eigenvalue weighted by atomic mass is 10.1. The summed E-state index contributed by atoms with van der Waals surface area (Å²) in [4.78, 5) is 13.6. The van der Waals surface area contributed by atoms with E-state index >= 15 is 0 Å². The fourth-order valence-electron chi connectivity index (χ4n) is 2.38. The number of para-hydroxylation sites is 1. The average Bonchev–Trinajstić information content (AvgIpc) is 2.56. The summed E-state index contributed by atoms with van der Waals surface area (Å²) in [5, 5.41) is 12.1. The second-order valence-corrected chi connectivity index (χ2v) is 5.73. The number of carbonyl (C=O) groups excluding carboxylic acids is 1. The molecule has 0 atom stereocenters. The number of hydrogen-bond acceptors (Lipinski definition) is 3.